The molecule has 130 valence electrons. The second-order valence-corrected chi connectivity index (χ2v) is 6.50. The fourth-order valence-corrected chi connectivity index (χ4v) is 3.34. The Balaban J connectivity index is 1.60. The van der Waals surface area contributed by atoms with E-state index in [9.17, 15) is 9.50 Å². The molecule has 0 spiro atoms. The fraction of sp³-hybridized carbons (Fsp3) is 0.211. The van der Waals surface area contributed by atoms with E-state index in [2.05, 4.69) is 16.1 Å². The number of ether oxygens (including phenoxy) is 1. The number of fused-ring (bicyclic) bond motifs is 1. The van der Waals surface area contributed by atoms with Gasteiger partial charge in [0.05, 0.1) is 17.1 Å². The van der Waals surface area contributed by atoms with Gasteiger partial charge in [-0.15, -0.1) is 6.58 Å². The third-order valence-corrected chi connectivity index (χ3v) is 4.71. The van der Waals surface area contributed by atoms with Gasteiger partial charge in [0.1, 0.15) is 18.2 Å². The molecule has 6 heteroatoms. The Morgan fingerprint density at radius 1 is 1.24 bits per heavy atom. The van der Waals surface area contributed by atoms with Gasteiger partial charge in [0.25, 0.3) is 0 Å². The third kappa shape index (κ3) is 4.41. The molecule has 0 aliphatic heterocycles. The zero-order valence-corrected chi connectivity index (χ0v) is 14.5. The molecule has 0 amide bonds. The van der Waals surface area contributed by atoms with Crippen molar-refractivity contribution in [2.75, 3.05) is 12.4 Å². The van der Waals surface area contributed by atoms with Crippen LogP contribution in [0.3, 0.4) is 0 Å². The molecular weight excluding hydrogens is 339 g/mol. The molecule has 0 radical (unpaired) electrons. The first-order chi connectivity index (χ1) is 12.2. The molecule has 25 heavy (non-hydrogen) atoms. The molecule has 0 aliphatic rings. The van der Waals surface area contributed by atoms with Crippen LogP contribution >= 0.6 is 11.8 Å². The zero-order chi connectivity index (χ0) is 17.6. The maximum Gasteiger partial charge on any atom is 0.169 e. The summed E-state index contributed by atoms with van der Waals surface area (Å²) in [5.74, 6) is 0.663. The van der Waals surface area contributed by atoms with Gasteiger partial charge in [-0.25, -0.2) is 9.37 Å². The van der Waals surface area contributed by atoms with Crippen molar-refractivity contribution in [3.8, 4) is 5.75 Å². The number of aromatic nitrogens is 2. The highest BCUT2D eigenvalue weighted by atomic mass is 32.2. The van der Waals surface area contributed by atoms with Gasteiger partial charge < -0.3 is 14.4 Å². The molecule has 1 unspecified atom stereocenters. The summed E-state index contributed by atoms with van der Waals surface area (Å²) in [6.07, 6.45) is 1.17. The van der Waals surface area contributed by atoms with Crippen molar-refractivity contribution in [2.24, 2.45) is 0 Å². The normalized spacial score (nSPS) is 12.2. The number of halogens is 1. The summed E-state index contributed by atoms with van der Waals surface area (Å²) in [5.41, 5.74) is 1.96. The smallest absolute Gasteiger partial charge is 0.169 e. The van der Waals surface area contributed by atoms with Crippen molar-refractivity contribution in [3.05, 3.63) is 67.0 Å². The van der Waals surface area contributed by atoms with Crippen LogP contribution in [0.15, 0.2) is 66.3 Å². The summed E-state index contributed by atoms with van der Waals surface area (Å²) >= 11 is 1.47. The van der Waals surface area contributed by atoms with Crippen LogP contribution in [0.4, 0.5) is 4.39 Å². The van der Waals surface area contributed by atoms with Gasteiger partial charge in [0.15, 0.2) is 5.16 Å². The highest BCUT2D eigenvalue weighted by molar-refractivity contribution is 7.99. The summed E-state index contributed by atoms with van der Waals surface area (Å²) in [5, 5.41) is 11.0. The summed E-state index contributed by atoms with van der Waals surface area (Å²) in [6.45, 7) is 4.59. The average molecular weight is 358 g/mol. The molecule has 1 heterocycles. The van der Waals surface area contributed by atoms with Gasteiger partial charge in [-0.2, -0.15) is 0 Å². The van der Waals surface area contributed by atoms with Gasteiger partial charge in [-0.1, -0.05) is 30.0 Å². The Bertz CT molecular complexity index is 848. The maximum absolute atomic E-state index is 12.9. The number of aliphatic hydroxyl groups is 1. The highest BCUT2D eigenvalue weighted by Crippen LogP contribution is 2.24. The first-order valence-corrected chi connectivity index (χ1v) is 8.91. The van der Waals surface area contributed by atoms with Crippen molar-refractivity contribution in [1.29, 1.82) is 0 Å². The molecular formula is C19H19FN2O2S. The molecule has 2 aromatic carbocycles. The van der Waals surface area contributed by atoms with Crippen LogP contribution in [0.1, 0.15) is 0 Å². The third-order valence-electron chi connectivity index (χ3n) is 3.59. The van der Waals surface area contributed by atoms with Crippen LogP contribution in [0, 0.1) is 5.82 Å². The van der Waals surface area contributed by atoms with E-state index in [1.807, 2.05) is 30.3 Å². The topological polar surface area (TPSA) is 47.3 Å². The van der Waals surface area contributed by atoms with Crippen LogP contribution < -0.4 is 4.74 Å². The van der Waals surface area contributed by atoms with E-state index in [-0.39, 0.29) is 12.4 Å². The van der Waals surface area contributed by atoms with Crippen LogP contribution in [-0.2, 0) is 6.54 Å². The first kappa shape index (κ1) is 17.5. The minimum atomic E-state index is -0.660. The number of rotatable bonds is 8. The number of aliphatic hydroxyl groups excluding tert-OH is 1. The second-order valence-electron chi connectivity index (χ2n) is 5.51. The SMILES string of the molecule is C=CCn1c(SCC(O)COc2ccc(F)cc2)nc2ccccc21. The fourth-order valence-electron chi connectivity index (χ4n) is 2.41. The minimum Gasteiger partial charge on any atom is -0.491 e. The lowest BCUT2D eigenvalue weighted by Crippen LogP contribution is -2.20. The number of allylic oxidation sites excluding steroid dienone is 1. The van der Waals surface area contributed by atoms with E-state index in [1.165, 1.54) is 23.9 Å². The van der Waals surface area contributed by atoms with Gasteiger partial charge in [0.2, 0.25) is 0 Å². The molecule has 1 N–H and O–H groups in total. The lowest BCUT2D eigenvalue weighted by Gasteiger charge is -2.12. The van der Waals surface area contributed by atoms with E-state index in [0.717, 1.165) is 16.2 Å². The predicted octanol–water partition coefficient (Wildman–Crippen LogP) is 3.89. The maximum atomic E-state index is 12.9. The predicted molar refractivity (Wildman–Crippen MR) is 98.6 cm³/mol. The molecule has 1 aromatic heterocycles. The number of nitrogens with zero attached hydrogens (tertiary/aromatic N) is 2. The van der Waals surface area contributed by atoms with E-state index in [1.54, 1.807) is 12.1 Å². The molecule has 3 aromatic rings. The number of hydrogen-bond acceptors (Lipinski definition) is 4. The molecule has 4 nitrogen and oxygen atoms in total. The zero-order valence-electron chi connectivity index (χ0n) is 13.6. The lowest BCUT2D eigenvalue weighted by molar-refractivity contribution is 0.126. The minimum absolute atomic E-state index is 0.139. The van der Waals surface area contributed by atoms with E-state index in [4.69, 9.17) is 4.74 Å². The second kappa shape index (κ2) is 8.18. The first-order valence-electron chi connectivity index (χ1n) is 7.93. The number of imidazole rings is 1. The van der Waals surface area contributed by atoms with E-state index in [0.29, 0.717) is 18.0 Å². The quantitative estimate of drug-likeness (QED) is 0.490. The van der Waals surface area contributed by atoms with Crippen molar-refractivity contribution in [2.45, 2.75) is 17.8 Å². The Morgan fingerprint density at radius 3 is 2.76 bits per heavy atom. The van der Waals surface area contributed by atoms with E-state index >= 15 is 0 Å². The van der Waals surface area contributed by atoms with Gasteiger partial charge in [0, 0.05) is 12.3 Å². The summed E-state index contributed by atoms with van der Waals surface area (Å²) < 4.78 is 20.4. The Hall–Kier alpha value is -2.31. The molecule has 0 saturated carbocycles. The molecule has 0 aliphatic carbocycles. The van der Waals surface area contributed by atoms with Crippen LogP contribution in [-0.4, -0.2) is 33.1 Å². The largest absolute Gasteiger partial charge is 0.491 e. The number of hydrogen-bond donors (Lipinski definition) is 1. The average Bonchev–Trinajstić information content (AvgIpc) is 2.98. The molecule has 0 saturated heterocycles. The Kier molecular flexibility index (Phi) is 5.73. The summed E-state index contributed by atoms with van der Waals surface area (Å²) in [4.78, 5) is 4.62. The monoisotopic (exact) mass is 358 g/mol. The van der Waals surface area contributed by atoms with Gasteiger partial charge >= 0.3 is 0 Å². The van der Waals surface area contributed by atoms with Crippen molar-refractivity contribution in [1.82, 2.24) is 9.55 Å². The number of para-hydroxylation sites is 2. The Morgan fingerprint density at radius 2 is 2.00 bits per heavy atom. The standard InChI is InChI=1S/C19H19FN2O2S/c1-2-11-22-18-6-4-3-5-17(18)21-19(22)25-13-15(23)12-24-16-9-7-14(20)8-10-16/h2-10,15,23H,1,11-13H2. The van der Waals surface area contributed by atoms with Crippen LogP contribution in [0.25, 0.3) is 11.0 Å². The summed E-state index contributed by atoms with van der Waals surface area (Å²) in [7, 11) is 0. The van der Waals surface area contributed by atoms with Crippen LogP contribution in [0.2, 0.25) is 0 Å². The van der Waals surface area contributed by atoms with Crippen molar-refractivity contribution < 1.29 is 14.2 Å². The molecule has 0 bridgehead atoms. The highest BCUT2D eigenvalue weighted by Gasteiger charge is 2.13. The molecule has 3 rings (SSSR count). The number of thioether (sulfide) groups is 1. The lowest BCUT2D eigenvalue weighted by atomic mass is 10.3. The molecule has 1 atom stereocenters. The van der Waals surface area contributed by atoms with Crippen LogP contribution in [0.5, 0.6) is 5.75 Å². The molecule has 0 fully saturated rings. The Labute approximate surface area is 150 Å². The van der Waals surface area contributed by atoms with Crippen molar-refractivity contribution in [3.63, 3.8) is 0 Å². The van der Waals surface area contributed by atoms with Gasteiger partial charge in [-0.05, 0) is 36.4 Å². The van der Waals surface area contributed by atoms with E-state index < -0.39 is 6.10 Å². The van der Waals surface area contributed by atoms with Crippen molar-refractivity contribution >= 4 is 22.8 Å². The number of benzene rings is 2. The van der Waals surface area contributed by atoms with Gasteiger partial charge in [-0.3, -0.25) is 0 Å². The summed E-state index contributed by atoms with van der Waals surface area (Å²) in [6, 6.07) is 13.6.